The molecular weight excluding hydrogens is 732 g/mol. The number of rotatable bonds is 16. The Morgan fingerprint density at radius 3 is 1.92 bits per heavy atom. The lowest BCUT2D eigenvalue weighted by molar-refractivity contribution is -0.165. The van der Waals surface area contributed by atoms with Crippen molar-refractivity contribution < 1.29 is 64.2 Å². The van der Waals surface area contributed by atoms with Gasteiger partial charge in [-0.25, -0.2) is 0 Å². The summed E-state index contributed by atoms with van der Waals surface area (Å²) < 4.78 is 107. The molecule has 3 atom stereocenters. The summed E-state index contributed by atoms with van der Waals surface area (Å²) in [6, 6.07) is 2.00. The van der Waals surface area contributed by atoms with E-state index in [0.717, 1.165) is 24.6 Å². The van der Waals surface area contributed by atoms with Crippen LogP contribution in [0.15, 0.2) is 42.5 Å². The minimum absolute atomic E-state index is 0.0835. The third-order valence-corrected chi connectivity index (χ3v) is 7.36. The smallest absolute Gasteiger partial charge is 0.405 e. The number of Topliss-reactive ketones (excluding diaryl/α,β-unsaturated/α-hetero) is 1. The molecule has 0 aliphatic heterocycles. The molecule has 0 bridgehead atoms. The van der Waals surface area contributed by atoms with Crippen molar-refractivity contribution in [2.45, 2.75) is 50.0 Å². The summed E-state index contributed by atoms with van der Waals surface area (Å²) in [7, 11) is 2.35. The Bertz CT molecular complexity index is 1560. The highest BCUT2D eigenvalue weighted by atomic mass is 35.5. The Morgan fingerprint density at radius 2 is 1.40 bits per heavy atom. The largest absolute Gasteiger partial charge is 0.497 e. The third-order valence-electron chi connectivity index (χ3n) is 6.80. The van der Waals surface area contributed by atoms with Crippen LogP contribution in [0.4, 0.5) is 30.7 Å². The summed E-state index contributed by atoms with van der Waals surface area (Å²) in [5.41, 5.74) is -1.08. The Morgan fingerprint density at radius 1 is 0.800 bits per heavy atom. The fourth-order valence-electron chi connectivity index (χ4n) is 4.17. The van der Waals surface area contributed by atoms with Crippen LogP contribution in [-0.4, -0.2) is 81.0 Å². The molecule has 2 aromatic carbocycles. The minimum atomic E-state index is -5.08. The molecular formula is C30H31Cl2F7N4O7. The average Bonchev–Trinajstić information content (AvgIpc) is 3.04. The molecule has 0 aromatic heterocycles. The molecule has 0 fully saturated rings. The Hall–Kier alpha value is -4.16. The molecule has 4 amide bonds. The van der Waals surface area contributed by atoms with Gasteiger partial charge in [0.05, 0.1) is 30.3 Å². The predicted octanol–water partition coefficient (Wildman–Crippen LogP) is 4.11. The standard InChI is InChI=1S/C30H31Cl2F7N4O7/c1-14(2)21(23(44)30(38,39)26(47)40-13-28(33,34)35)42-25(46)22(15-5-8-17(50-4)9-6-15)43-24(45)20(12-49-3)41-27(48)29(36,37)18-11-16(31)7-10-19(18)32/h5-11,14,20-22H,12-13H2,1-4H3,(H,40,47)(H,41,48)(H,42,46)(H,43,45). The first kappa shape index (κ1) is 42.0. The van der Waals surface area contributed by atoms with Crippen molar-refractivity contribution >= 4 is 52.6 Å². The van der Waals surface area contributed by atoms with Gasteiger partial charge in [0.1, 0.15) is 24.4 Å². The number of ether oxygens (including phenoxy) is 2. The van der Waals surface area contributed by atoms with Crippen LogP contribution < -0.4 is 26.0 Å². The molecule has 4 N–H and O–H groups in total. The van der Waals surface area contributed by atoms with E-state index in [0.29, 0.717) is 0 Å². The first-order chi connectivity index (χ1) is 23.1. The van der Waals surface area contributed by atoms with Gasteiger partial charge < -0.3 is 30.7 Å². The SMILES string of the molecule is COCC(NC(=O)C(F)(F)c1cc(Cl)ccc1Cl)C(=O)NC(C(=O)NC(C(=O)C(F)(F)C(=O)NCC(F)(F)F)C(C)C)c1ccc(OC)cc1. The molecule has 0 saturated carbocycles. The lowest BCUT2D eigenvalue weighted by atomic mass is 9.94. The number of carbonyl (C=O) groups excluding carboxylic acids is 5. The fourth-order valence-corrected chi connectivity index (χ4v) is 4.58. The highest BCUT2D eigenvalue weighted by Gasteiger charge is 2.52. The highest BCUT2D eigenvalue weighted by Crippen LogP contribution is 2.35. The summed E-state index contributed by atoms with van der Waals surface area (Å²) in [6.07, 6.45) is -5.08. The summed E-state index contributed by atoms with van der Waals surface area (Å²) >= 11 is 11.6. The first-order valence-electron chi connectivity index (χ1n) is 14.2. The number of methoxy groups -OCH3 is 2. The average molecular weight is 763 g/mol. The van der Waals surface area contributed by atoms with Gasteiger partial charge >= 0.3 is 18.0 Å². The van der Waals surface area contributed by atoms with Crippen molar-refractivity contribution in [1.29, 1.82) is 0 Å². The molecule has 0 heterocycles. The van der Waals surface area contributed by atoms with E-state index in [2.05, 4.69) is 5.32 Å². The zero-order chi connectivity index (χ0) is 38.2. The molecule has 0 radical (unpaired) electrons. The minimum Gasteiger partial charge on any atom is -0.497 e. The Balaban J connectivity index is 2.43. The first-order valence-corrected chi connectivity index (χ1v) is 15.0. The van der Waals surface area contributed by atoms with Crippen LogP contribution in [0.3, 0.4) is 0 Å². The normalized spacial score (nSPS) is 13.9. The lowest BCUT2D eigenvalue weighted by Crippen LogP contribution is -2.59. The number of carbonyl (C=O) groups is 5. The van der Waals surface area contributed by atoms with Gasteiger partial charge in [-0.05, 0) is 41.8 Å². The van der Waals surface area contributed by atoms with Crippen LogP contribution in [0.5, 0.6) is 5.75 Å². The molecule has 2 rings (SSSR count). The molecule has 0 saturated heterocycles. The molecule has 0 aliphatic rings. The number of halogens is 9. The zero-order valence-corrected chi connectivity index (χ0v) is 28.0. The maximum atomic E-state index is 15.2. The Labute approximate surface area is 290 Å². The molecule has 50 heavy (non-hydrogen) atoms. The maximum Gasteiger partial charge on any atom is 0.405 e. The van der Waals surface area contributed by atoms with Crippen molar-refractivity contribution in [1.82, 2.24) is 21.3 Å². The van der Waals surface area contributed by atoms with E-state index < -0.39 is 95.2 Å². The number of hydrogen-bond donors (Lipinski definition) is 4. The van der Waals surface area contributed by atoms with Crippen molar-refractivity contribution in [3.8, 4) is 5.75 Å². The summed E-state index contributed by atoms with van der Waals surface area (Å²) in [6.45, 7) is -0.565. The number of nitrogens with one attached hydrogen (secondary N) is 4. The number of alkyl halides is 7. The van der Waals surface area contributed by atoms with E-state index >= 15 is 8.78 Å². The Kier molecular flexibility index (Phi) is 14.4. The second kappa shape index (κ2) is 17.2. The van der Waals surface area contributed by atoms with Gasteiger partial charge in [0.15, 0.2) is 0 Å². The van der Waals surface area contributed by atoms with Gasteiger partial charge in [0.2, 0.25) is 17.6 Å². The van der Waals surface area contributed by atoms with Gasteiger partial charge in [-0.1, -0.05) is 49.2 Å². The van der Waals surface area contributed by atoms with E-state index in [1.807, 2.05) is 5.32 Å². The van der Waals surface area contributed by atoms with E-state index in [4.69, 9.17) is 32.7 Å². The van der Waals surface area contributed by atoms with E-state index in [9.17, 15) is 45.9 Å². The highest BCUT2D eigenvalue weighted by molar-refractivity contribution is 6.34. The number of ketones is 1. The van der Waals surface area contributed by atoms with Crippen molar-refractivity contribution in [3.63, 3.8) is 0 Å². The number of benzene rings is 2. The number of amides is 4. The lowest BCUT2D eigenvalue weighted by Gasteiger charge is -2.29. The topological polar surface area (TPSA) is 152 Å². The van der Waals surface area contributed by atoms with Crippen molar-refractivity contribution in [3.05, 3.63) is 63.6 Å². The zero-order valence-electron chi connectivity index (χ0n) is 26.5. The van der Waals surface area contributed by atoms with Gasteiger partial charge in [0, 0.05) is 12.1 Å². The molecule has 20 heteroatoms. The number of hydrogen-bond acceptors (Lipinski definition) is 7. The van der Waals surface area contributed by atoms with Gasteiger partial charge in [-0.2, -0.15) is 30.7 Å². The van der Waals surface area contributed by atoms with Crippen LogP contribution in [0, 0.1) is 5.92 Å². The van der Waals surface area contributed by atoms with E-state index in [1.165, 1.54) is 51.3 Å². The second-order valence-electron chi connectivity index (χ2n) is 10.9. The molecule has 3 unspecified atom stereocenters. The van der Waals surface area contributed by atoms with Crippen molar-refractivity contribution in [2.24, 2.45) is 5.92 Å². The van der Waals surface area contributed by atoms with Crippen molar-refractivity contribution in [2.75, 3.05) is 27.4 Å². The predicted molar refractivity (Wildman–Crippen MR) is 164 cm³/mol. The van der Waals surface area contributed by atoms with Gasteiger partial charge in [0.25, 0.3) is 11.8 Å². The van der Waals surface area contributed by atoms with Crippen LogP contribution in [-0.2, 0) is 34.6 Å². The van der Waals surface area contributed by atoms with Crippen LogP contribution >= 0.6 is 23.2 Å². The van der Waals surface area contributed by atoms with Crippen LogP contribution in [0.2, 0.25) is 10.0 Å². The molecule has 276 valence electrons. The fraction of sp³-hybridized carbons (Fsp3) is 0.433. The van der Waals surface area contributed by atoms with Gasteiger partial charge in [-0.3, -0.25) is 24.0 Å². The molecule has 2 aromatic rings. The third kappa shape index (κ3) is 10.9. The molecule has 0 spiro atoms. The maximum absolute atomic E-state index is 15.2. The van der Waals surface area contributed by atoms with Gasteiger partial charge in [-0.15, -0.1) is 0 Å². The quantitative estimate of drug-likeness (QED) is 0.149. The van der Waals surface area contributed by atoms with Crippen LogP contribution in [0.25, 0.3) is 0 Å². The molecule has 0 aliphatic carbocycles. The van der Waals surface area contributed by atoms with Crippen LogP contribution in [0.1, 0.15) is 31.0 Å². The summed E-state index contributed by atoms with van der Waals surface area (Å²) in [4.78, 5) is 64.3. The summed E-state index contributed by atoms with van der Waals surface area (Å²) in [5, 5.41) is 6.13. The van der Waals surface area contributed by atoms with E-state index in [-0.39, 0.29) is 16.3 Å². The van der Waals surface area contributed by atoms with E-state index in [1.54, 1.807) is 5.32 Å². The summed E-state index contributed by atoms with van der Waals surface area (Å²) in [5.74, 6) is -19.9. The second-order valence-corrected chi connectivity index (χ2v) is 11.7. The molecule has 11 nitrogen and oxygen atoms in total. The monoisotopic (exact) mass is 762 g/mol.